The summed E-state index contributed by atoms with van der Waals surface area (Å²) in [5.74, 6) is -1.58. The third-order valence-electron chi connectivity index (χ3n) is 4.90. The number of ether oxygens (including phenoxy) is 2. The smallest absolute Gasteiger partial charge is 0.323 e. The molecule has 0 aromatic heterocycles. The lowest BCUT2D eigenvalue weighted by Crippen LogP contribution is -2.48. The summed E-state index contributed by atoms with van der Waals surface area (Å²) in [5.41, 5.74) is 1.46. The van der Waals surface area contributed by atoms with Crippen LogP contribution in [0.25, 0.3) is 0 Å². The molecule has 0 saturated carbocycles. The van der Waals surface area contributed by atoms with Gasteiger partial charge in [-0.2, -0.15) is 0 Å². The van der Waals surface area contributed by atoms with Gasteiger partial charge in [-0.25, -0.2) is 0 Å². The second-order valence-electron chi connectivity index (χ2n) is 7.15. The minimum Gasteiger partial charge on any atom is -0.480 e. The zero-order chi connectivity index (χ0) is 22.2. The summed E-state index contributed by atoms with van der Waals surface area (Å²) in [7, 11) is 0. The van der Waals surface area contributed by atoms with Crippen LogP contribution in [0.15, 0.2) is 54.6 Å². The normalized spacial score (nSPS) is 16.6. The number of hydrogen-bond donors (Lipinski definition) is 2. The molecule has 2 aromatic carbocycles. The fourth-order valence-corrected chi connectivity index (χ4v) is 3.47. The molecule has 8 heteroatoms. The minimum absolute atomic E-state index is 0.122. The Hall–Kier alpha value is -3.39. The van der Waals surface area contributed by atoms with Crippen LogP contribution in [0.3, 0.4) is 0 Å². The maximum absolute atomic E-state index is 12.8. The van der Waals surface area contributed by atoms with Crippen molar-refractivity contribution in [3.8, 4) is 5.75 Å². The van der Waals surface area contributed by atoms with Gasteiger partial charge in [-0.15, -0.1) is 0 Å². The van der Waals surface area contributed by atoms with Crippen molar-refractivity contribution in [3.63, 3.8) is 0 Å². The van der Waals surface area contributed by atoms with Gasteiger partial charge in [-0.3, -0.25) is 24.6 Å². The van der Waals surface area contributed by atoms with E-state index in [9.17, 15) is 19.5 Å². The fraction of sp³-hybridized carbons (Fsp3) is 0.348. The number of carboxylic acid groups (broad SMARTS) is 1. The topological polar surface area (TPSA) is 105 Å². The number of amides is 1. The van der Waals surface area contributed by atoms with Gasteiger partial charge in [0, 0.05) is 0 Å². The molecule has 31 heavy (non-hydrogen) atoms. The summed E-state index contributed by atoms with van der Waals surface area (Å²) in [6, 6.07) is 15.8. The number of anilines is 1. The average molecular weight is 426 g/mol. The SMILES string of the molecule is CCOC(=O)[C@H](CCc1ccccc1)N[C@@H]1CC(=O)N(CC(=O)O)c2ccccc2O1. The number of carboxylic acids is 1. The summed E-state index contributed by atoms with van der Waals surface area (Å²) in [6.07, 6.45) is 0.165. The molecule has 0 fully saturated rings. The quantitative estimate of drug-likeness (QED) is 0.593. The first-order valence-electron chi connectivity index (χ1n) is 10.2. The molecule has 2 N–H and O–H groups in total. The number of benzene rings is 2. The van der Waals surface area contributed by atoms with E-state index in [1.807, 2.05) is 30.3 Å². The van der Waals surface area contributed by atoms with Gasteiger partial charge in [-0.1, -0.05) is 42.5 Å². The van der Waals surface area contributed by atoms with Gasteiger partial charge in [0.1, 0.15) is 18.3 Å². The van der Waals surface area contributed by atoms with Gasteiger partial charge >= 0.3 is 11.9 Å². The van der Waals surface area contributed by atoms with E-state index >= 15 is 0 Å². The maximum atomic E-state index is 12.8. The lowest BCUT2D eigenvalue weighted by atomic mass is 10.0. The second-order valence-corrected chi connectivity index (χ2v) is 7.15. The van der Waals surface area contributed by atoms with Crippen molar-refractivity contribution in [3.05, 3.63) is 60.2 Å². The molecule has 1 aliphatic heterocycles. The molecule has 0 spiro atoms. The zero-order valence-corrected chi connectivity index (χ0v) is 17.3. The first-order chi connectivity index (χ1) is 15.0. The van der Waals surface area contributed by atoms with Crippen molar-refractivity contribution in [2.45, 2.75) is 38.5 Å². The molecule has 3 rings (SSSR count). The van der Waals surface area contributed by atoms with Crippen LogP contribution in [0.5, 0.6) is 5.75 Å². The highest BCUT2D eigenvalue weighted by Gasteiger charge is 2.32. The summed E-state index contributed by atoms with van der Waals surface area (Å²) in [4.78, 5) is 37.8. The van der Waals surface area contributed by atoms with Crippen LogP contribution < -0.4 is 15.0 Å². The predicted octanol–water partition coefficient (Wildman–Crippen LogP) is 2.37. The van der Waals surface area contributed by atoms with Gasteiger partial charge < -0.3 is 14.6 Å². The molecule has 0 saturated heterocycles. The number of carbonyl (C=O) groups is 3. The average Bonchev–Trinajstić information content (AvgIpc) is 2.88. The molecule has 8 nitrogen and oxygen atoms in total. The molecule has 0 unspecified atom stereocenters. The van der Waals surface area contributed by atoms with E-state index in [4.69, 9.17) is 9.47 Å². The van der Waals surface area contributed by atoms with E-state index < -0.39 is 36.7 Å². The molecule has 1 amide bonds. The molecule has 1 aliphatic rings. The van der Waals surface area contributed by atoms with Crippen molar-refractivity contribution in [1.29, 1.82) is 0 Å². The third-order valence-corrected chi connectivity index (χ3v) is 4.90. The monoisotopic (exact) mass is 426 g/mol. The largest absolute Gasteiger partial charge is 0.480 e. The summed E-state index contributed by atoms with van der Waals surface area (Å²) < 4.78 is 11.2. The Morgan fingerprint density at radius 1 is 1.19 bits per heavy atom. The van der Waals surface area contributed by atoms with E-state index in [1.54, 1.807) is 31.2 Å². The molecule has 0 radical (unpaired) electrons. The molecule has 164 valence electrons. The molecular formula is C23H26N2O6. The van der Waals surface area contributed by atoms with E-state index in [2.05, 4.69) is 5.32 Å². The highest BCUT2D eigenvalue weighted by atomic mass is 16.5. The third kappa shape index (κ3) is 6.05. The standard InChI is InChI=1S/C23H26N2O6/c1-2-30-23(29)17(13-12-16-8-4-3-5-9-16)24-20-14-21(26)25(15-22(27)28)18-10-6-7-11-19(18)31-20/h3-11,17,20,24H,2,12-15H2,1H3,(H,27,28)/t17-,20-/m0/s1. The van der Waals surface area contributed by atoms with Gasteiger partial charge in [0.05, 0.1) is 18.7 Å². The maximum Gasteiger partial charge on any atom is 0.323 e. The Balaban J connectivity index is 1.78. The lowest BCUT2D eigenvalue weighted by molar-refractivity contribution is -0.147. The van der Waals surface area contributed by atoms with Crippen LogP contribution in [0.4, 0.5) is 5.69 Å². The fourth-order valence-electron chi connectivity index (χ4n) is 3.47. The number of nitrogens with zero attached hydrogens (tertiary/aromatic N) is 1. The zero-order valence-electron chi connectivity index (χ0n) is 17.3. The Bertz CT molecular complexity index is 917. The van der Waals surface area contributed by atoms with E-state index in [-0.39, 0.29) is 13.0 Å². The number of esters is 1. The molecular weight excluding hydrogens is 400 g/mol. The van der Waals surface area contributed by atoms with Crippen molar-refractivity contribution in [1.82, 2.24) is 5.32 Å². The molecule has 0 aliphatic carbocycles. The van der Waals surface area contributed by atoms with E-state index in [1.165, 1.54) is 4.90 Å². The lowest BCUT2D eigenvalue weighted by Gasteiger charge is -2.24. The number of hydrogen-bond acceptors (Lipinski definition) is 6. The number of aliphatic carboxylic acids is 1. The predicted molar refractivity (Wildman–Crippen MR) is 114 cm³/mol. The van der Waals surface area contributed by atoms with Crippen LogP contribution in [0.2, 0.25) is 0 Å². The first kappa shape index (κ1) is 22.3. The van der Waals surface area contributed by atoms with Crippen molar-refractivity contribution in [2.24, 2.45) is 0 Å². The van der Waals surface area contributed by atoms with Crippen LogP contribution in [-0.4, -0.2) is 48.4 Å². The van der Waals surface area contributed by atoms with Gasteiger partial charge in [-0.05, 0) is 37.5 Å². The molecule has 0 bridgehead atoms. The Morgan fingerprint density at radius 2 is 1.90 bits per heavy atom. The number of carbonyl (C=O) groups excluding carboxylic acids is 2. The number of aryl methyl sites for hydroxylation is 1. The van der Waals surface area contributed by atoms with Crippen LogP contribution >= 0.6 is 0 Å². The van der Waals surface area contributed by atoms with Crippen LogP contribution in [0.1, 0.15) is 25.3 Å². The highest BCUT2D eigenvalue weighted by Crippen LogP contribution is 2.32. The van der Waals surface area contributed by atoms with Gasteiger partial charge in [0.15, 0.2) is 6.23 Å². The molecule has 2 aromatic rings. The number of nitrogens with one attached hydrogen (secondary N) is 1. The van der Waals surface area contributed by atoms with Crippen molar-refractivity contribution in [2.75, 3.05) is 18.1 Å². The van der Waals surface area contributed by atoms with E-state index in [0.29, 0.717) is 24.3 Å². The Morgan fingerprint density at radius 3 is 2.61 bits per heavy atom. The van der Waals surface area contributed by atoms with E-state index in [0.717, 1.165) is 5.56 Å². The number of fused-ring (bicyclic) bond motifs is 1. The summed E-state index contributed by atoms with van der Waals surface area (Å²) in [5, 5.41) is 12.3. The summed E-state index contributed by atoms with van der Waals surface area (Å²) in [6.45, 7) is 1.50. The number of rotatable bonds is 9. The summed E-state index contributed by atoms with van der Waals surface area (Å²) >= 11 is 0. The van der Waals surface area contributed by atoms with Crippen molar-refractivity contribution >= 4 is 23.5 Å². The second kappa shape index (κ2) is 10.6. The molecule has 1 heterocycles. The Labute approximate surface area is 180 Å². The van der Waals surface area contributed by atoms with Crippen molar-refractivity contribution < 1.29 is 29.0 Å². The Kier molecular flexibility index (Phi) is 7.61. The van der Waals surface area contributed by atoms with Gasteiger partial charge in [0.2, 0.25) is 5.91 Å². The highest BCUT2D eigenvalue weighted by molar-refractivity contribution is 5.99. The number of para-hydroxylation sites is 2. The van der Waals surface area contributed by atoms with Crippen LogP contribution in [-0.2, 0) is 25.5 Å². The van der Waals surface area contributed by atoms with Gasteiger partial charge in [0.25, 0.3) is 0 Å². The first-order valence-corrected chi connectivity index (χ1v) is 10.2. The molecule has 2 atom stereocenters. The minimum atomic E-state index is -1.12. The van der Waals surface area contributed by atoms with Crippen LogP contribution in [0, 0.1) is 0 Å².